The highest BCUT2D eigenvalue weighted by Crippen LogP contribution is 2.35. The number of anilines is 1. The second-order valence-electron chi connectivity index (χ2n) is 4.31. The fraction of sp³-hybridized carbons (Fsp3) is 0.417. The van der Waals surface area contributed by atoms with Crippen LogP contribution in [0, 0.1) is 11.7 Å². The number of carbonyl (C=O) groups excluding carboxylic acids is 1. The molecular formula is C12H11ClF3NO. The van der Waals surface area contributed by atoms with Gasteiger partial charge in [0.1, 0.15) is 12.1 Å². The zero-order valence-electron chi connectivity index (χ0n) is 9.38. The molecule has 2 nitrogen and oxygen atoms in total. The summed E-state index contributed by atoms with van der Waals surface area (Å²) in [6.07, 6.45) is 0.272. The van der Waals surface area contributed by atoms with E-state index in [9.17, 15) is 18.0 Å². The van der Waals surface area contributed by atoms with Crippen molar-refractivity contribution in [2.24, 2.45) is 5.92 Å². The largest absolute Gasteiger partial charge is 0.363 e. The Kier molecular flexibility index (Phi) is 3.52. The van der Waals surface area contributed by atoms with Gasteiger partial charge in [-0.3, -0.25) is 0 Å². The lowest BCUT2D eigenvalue weighted by Gasteiger charge is -2.37. The highest BCUT2D eigenvalue weighted by molar-refractivity contribution is 6.30. The van der Waals surface area contributed by atoms with Crippen LogP contribution in [0.25, 0.3) is 0 Å². The van der Waals surface area contributed by atoms with Gasteiger partial charge in [-0.15, -0.1) is 0 Å². The second-order valence-corrected chi connectivity index (χ2v) is 4.75. The summed E-state index contributed by atoms with van der Waals surface area (Å²) in [7, 11) is 0. The Labute approximate surface area is 107 Å². The Morgan fingerprint density at radius 1 is 1.44 bits per heavy atom. The summed E-state index contributed by atoms with van der Waals surface area (Å²) in [6.45, 7) is -0.468. The number of rotatable bonds is 2. The standard InChI is InChI=1S/C12H11ClF3NO/c13-9-1-2-10(14)11(5-9)17-4-3-8(6-18)12(15,16)7-17/h1-2,5-6,8H,3-4,7H2. The van der Waals surface area contributed by atoms with E-state index in [1.807, 2.05) is 0 Å². The van der Waals surface area contributed by atoms with Crippen LogP contribution in [0.5, 0.6) is 0 Å². The van der Waals surface area contributed by atoms with Crippen LogP contribution in [0.15, 0.2) is 18.2 Å². The summed E-state index contributed by atoms with van der Waals surface area (Å²) in [5.41, 5.74) is 0.0477. The molecule has 18 heavy (non-hydrogen) atoms. The molecule has 0 saturated carbocycles. The summed E-state index contributed by atoms with van der Waals surface area (Å²) < 4.78 is 40.8. The number of carbonyl (C=O) groups is 1. The molecule has 2 rings (SSSR count). The minimum atomic E-state index is -3.14. The highest BCUT2D eigenvalue weighted by Gasteiger charge is 2.44. The van der Waals surface area contributed by atoms with Crippen LogP contribution in [0.3, 0.4) is 0 Å². The maximum absolute atomic E-state index is 13.6. The van der Waals surface area contributed by atoms with Gasteiger partial charge in [0, 0.05) is 11.6 Å². The molecule has 6 heteroatoms. The smallest absolute Gasteiger partial charge is 0.274 e. The summed E-state index contributed by atoms with van der Waals surface area (Å²) >= 11 is 5.73. The average molecular weight is 278 g/mol. The summed E-state index contributed by atoms with van der Waals surface area (Å²) in [4.78, 5) is 11.8. The van der Waals surface area contributed by atoms with Crippen LogP contribution in [0.4, 0.5) is 18.9 Å². The van der Waals surface area contributed by atoms with Crippen molar-refractivity contribution in [3.8, 4) is 0 Å². The molecule has 1 aromatic carbocycles. The van der Waals surface area contributed by atoms with Crippen molar-refractivity contribution in [3.63, 3.8) is 0 Å². The van der Waals surface area contributed by atoms with Gasteiger partial charge in [0.25, 0.3) is 5.92 Å². The Morgan fingerprint density at radius 2 is 2.17 bits per heavy atom. The summed E-state index contributed by atoms with van der Waals surface area (Å²) in [5, 5.41) is 0.284. The number of nitrogens with zero attached hydrogens (tertiary/aromatic N) is 1. The molecule has 98 valence electrons. The van der Waals surface area contributed by atoms with Crippen LogP contribution in [-0.2, 0) is 4.79 Å². The van der Waals surface area contributed by atoms with E-state index < -0.39 is 24.2 Å². The molecular weight excluding hydrogens is 267 g/mol. The normalized spacial score (nSPS) is 22.9. The van der Waals surface area contributed by atoms with Crippen LogP contribution < -0.4 is 4.90 Å². The van der Waals surface area contributed by atoms with Gasteiger partial charge >= 0.3 is 0 Å². The third-order valence-corrected chi connectivity index (χ3v) is 3.30. The van der Waals surface area contributed by atoms with E-state index in [-0.39, 0.29) is 30.0 Å². The molecule has 0 spiro atoms. The second kappa shape index (κ2) is 4.80. The molecule has 1 saturated heterocycles. The minimum Gasteiger partial charge on any atom is -0.363 e. The van der Waals surface area contributed by atoms with Gasteiger partial charge in [-0.2, -0.15) is 0 Å². The third kappa shape index (κ3) is 2.46. The lowest BCUT2D eigenvalue weighted by atomic mass is 9.94. The number of hydrogen-bond acceptors (Lipinski definition) is 2. The number of aldehydes is 1. The summed E-state index contributed by atoms with van der Waals surface area (Å²) in [5.74, 6) is -5.04. The quantitative estimate of drug-likeness (QED) is 0.774. The van der Waals surface area contributed by atoms with Gasteiger partial charge in [-0.1, -0.05) is 11.6 Å². The van der Waals surface area contributed by atoms with Crippen molar-refractivity contribution < 1.29 is 18.0 Å². The van der Waals surface area contributed by atoms with Crippen LogP contribution >= 0.6 is 11.6 Å². The number of piperidine rings is 1. The van der Waals surface area contributed by atoms with E-state index in [4.69, 9.17) is 11.6 Å². The van der Waals surface area contributed by atoms with E-state index in [1.54, 1.807) is 0 Å². The van der Waals surface area contributed by atoms with Crippen molar-refractivity contribution in [3.05, 3.63) is 29.0 Å². The van der Waals surface area contributed by atoms with E-state index >= 15 is 0 Å². The van der Waals surface area contributed by atoms with Gasteiger partial charge < -0.3 is 9.69 Å². The molecule has 0 bridgehead atoms. The predicted octanol–water partition coefficient (Wildman–Crippen LogP) is 3.14. The Bertz CT molecular complexity index is 467. The van der Waals surface area contributed by atoms with E-state index in [2.05, 4.69) is 0 Å². The van der Waals surface area contributed by atoms with E-state index in [0.29, 0.717) is 0 Å². The molecule has 1 heterocycles. The molecule has 1 fully saturated rings. The van der Waals surface area contributed by atoms with Gasteiger partial charge in [-0.05, 0) is 24.6 Å². The molecule has 1 unspecified atom stereocenters. The van der Waals surface area contributed by atoms with E-state index in [1.165, 1.54) is 17.0 Å². The van der Waals surface area contributed by atoms with Gasteiger partial charge in [0.2, 0.25) is 0 Å². The number of alkyl halides is 2. The molecule has 1 atom stereocenters. The molecule has 0 N–H and O–H groups in total. The first kappa shape index (κ1) is 13.2. The minimum absolute atomic E-state index is 0.00243. The number of benzene rings is 1. The maximum atomic E-state index is 13.6. The van der Waals surface area contributed by atoms with Crippen molar-refractivity contribution >= 4 is 23.6 Å². The first-order valence-corrected chi connectivity index (χ1v) is 5.85. The Hall–Kier alpha value is -1.23. The molecule has 1 aromatic rings. The first-order valence-electron chi connectivity index (χ1n) is 5.47. The lowest BCUT2D eigenvalue weighted by molar-refractivity contribution is -0.126. The number of halogens is 4. The van der Waals surface area contributed by atoms with Crippen molar-refractivity contribution in [1.82, 2.24) is 0 Å². The maximum Gasteiger partial charge on any atom is 0.274 e. The van der Waals surface area contributed by atoms with Crippen molar-refractivity contribution in [2.75, 3.05) is 18.0 Å². The first-order chi connectivity index (χ1) is 8.44. The fourth-order valence-corrected chi connectivity index (χ4v) is 2.22. The molecule has 0 aromatic heterocycles. The average Bonchev–Trinajstić information content (AvgIpc) is 2.31. The third-order valence-electron chi connectivity index (χ3n) is 3.07. The van der Waals surface area contributed by atoms with Gasteiger partial charge in [0.05, 0.1) is 18.2 Å². The topological polar surface area (TPSA) is 20.3 Å². The molecule has 1 aliphatic rings. The highest BCUT2D eigenvalue weighted by atomic mass is 35.5. The van der Waals surface area contributed by atoms with Gasteiger partial charge in [-0.25, -0.2) is 13.2 Å². The Morgan fingerprint density at radius 3 is 2.78 bits per heavy atom. The van der Waals surface area contributed by atoms with Crippen molar-refractivity contribution in [1.29, 1.82) is 0 Å². The monoisotopic (exact) mass is 277 g/mol. The van der Waals surface area contributed by atoms with Crippen LogP contribution in [-0.4, -0.2) is 25.3 Å². The predicted molar refractivity (Wildman–Crippen MR) is 62.7 cm³/mol. The summed E-state index contributed by atoms with van der Waals surface area (Å²) in [6, 6.07) is 3.81. The zero-order chi connectivity index (χ0) is 13.3. The van der Waals surface area contributed by atoms with E-state index in [0.717, 1.165) is 6.07 Å². The molecule has 0 radical (unpaired) electrons. The lowest BCUT2D eigenvalue weighted by Crippen LogP contribution is -2.49. The molecule has 1 aliphatic heterocycles. The SMILES string of the molecule is O=CC1CCN(c2cc(Cl)ccc2F)CC1(F)F. The molecule has 0 aliphatic carbocycles. The Balaban J connectivity index is 2.26. The van der Waals surface area contributed by atoms with Crippen LogP contribution in [0.2, 0.25) is 5.02 Å². The zero-order valence-corrected chi connectivity index (χ0v) is 10.1. The number of hydrogen-bond donors (Lipinski definition) is 0. The van der Waals surface area contributed by atoms with Gasteiger partial charge in [0.15, 0.2) is 0 Å². The van der Waals surface area contributed by atoms with Crippen molar-refractivity contribution in [2.45, 2.75) is 12.3 Å². The van der Waals surface area contributed by atoms with Crippen LogP contribution in [0.1, 0.15) is 6.42 Å². The molecule has 0 amide bonds. The fourth-order valence-electron chi connectivity index (χ4n) is 2.06.